The molecule has 0 spiro atoms. The summed E-state index contributed by atoms with van der Waals surface area (Å²) in [4.78, 5) is -0.185. The normalized spacial score (nSPS) is 11.3. The summed E-state index contributed by atoms with van der Waals surface area (Å²) < 4.78 is 30.8. The molecule has 0 heterocycles. The molecule has 0 unspecified atom stereocenters. The molecule has 5 heteroatoms. The van der Waals surface area contributed by atoms with Crippen molar-refractivity contribution < 1.29 is 13.0 Å². The highest BCUT2D eigenvalue weighted by Gasteiger charge is 2.43. The summed E-state index contributed by atoms with van der Waals surface area (Å²) in [5.41, 5.74) is 0. The Labute approximate surface area is 185 Å². The lowest BCUT2D eigenvalue weighted by Gasteiger charge is -2.26. The van der Waals surface area contributed by atoms with E-state index in [1.165, 1.54) is 40.2 Å². The summed E-state index contributed by atoms with van der Waals surface area (Å²) in [7, 11) is -5.79. The molecule has 0 aromatic heterocycles. The van der Waals surface area contributed by atoms with Gasteiger partial charge < -0.3 is 4.55 Å². The Hall–Kier alpha value is -2.78. The molecule has 158 valence electrons. The van der Waals surface area contributed by atoms with Gasteiger partial charge in [-0.05, 0) is 55.5 Å². The predicted octanol–water partition coefficient (Wildman–Crippen LogP) is 4.59. The van der Waals surface area contributed by atoms with E-state index in [9.17, 15) is 13.0 Å². The summed E-state index contributed by atoms with van der Waals surface area (Å²) in [6, 6.07) is 40.2. The van der Waals surface area contributed by atoms with Gasteiger partial charge in [-0.25, -0.2) is 8.42 Å². The third-order valence-electron chi connectivity index (χ3n) is 5.10. The van der Waals surface area contributed by atoms with Gasteiger partial charge in [0, 0.05) is 0 Å². The van der Waals surface area contributed by atoms with Crippen LogP contribution in [0.2, 0.25) is 0 Å². The molecule has 4 rings (SSSR count). The van der Waals surface area contributed by atoms with E-state index >= 15 is 0 Å². The van der Waals surface area contributed by atoms with Crippen molar-refractivity contribution in [3.05, 3.63) is 121 Å². The van der Waals surface area contributed by atoms with Gasteiger partial charge in [0.05, 0.1) is 11.1 Å². The van der Waals surface area contributed by atoms with Gasteiger partial charge >= 0.3 is 0 Å². The van der Waals surface area contributed by atoms with E-state index in [0.717, 1.165) is 6.16 Å². The fourth-order valence-corrected chi connectivity index (χ4v) is 8.15. The summed E-state index contributed by atoms with van der Waals surface area (Å²) in [5, 5.41) is 4.39. The summed E-state index contributed by atoms with van der Waals surface area (Å²) in [5.74, 6) is 0. The molecule has 4 aromatic rings. The average Bonchev–Trinajstić information content (AvgIpc) is 2.83. The maximum Gasteiger partial charge on any atom is 0.124 e. The molecule has 0 aliphatic heterocycles. The zero-order chi connectivity index (χ0) is 22.2. The van der Waals surface area contributed by atoms with Crippen LogP contribution in [0.1, 0.15) is 6.92 Å². The predicted molar refractivity (Wildman–Crippen MR) is 130 cm³/mol. The Kier molecular flexibility index (Phi) is 7.75. The third kappa shape index (κ3) is 5.48. The first-order chi connectivity index (χ1) is 15.0. The van der Waals surface area contributed by atoms with Crippen molar-refractivity contribution in [1.29, 1.82) is 0 Å². The highest BCUT2D eigenvalue weighted by Crippen LogP contribution is 2.54. The molecular formula is C26H25O3PS. The van der Waals surface area contributed by atoms with Crippen molar-refractivity contribution in [1.82, 2.24) is 0 Å². The molecule has 0 radical (unpaired) electrons. The summed E-state index contributed by atoms with van der Waals surface area (Å²) in [6.45, 7) is 2.32. The maximum atomic E-state index is 10.3. The van der Waals surface area contributed by atoms with E-state index in [4.69, 9.17) is 0 Å². The molecule has 0 aliphatic rings. The van der Waals surface area contributed by atoms with Crippen LogP contribution in [-0.4, -0.2) is 19.1 Å². The van der Waals surface area contributed by atoms with Crippen LogP contribution in [0.25, 0.3) is 0 Å². The lowest BCUT2D eigenvalue weighted by molar-refractivity contribution is 0.463. The van der Waals surface area contributed by atoms with E-state index in [2.05, 4.69) is 97.9 Å². The first-order valence-electron chi connectivity index (χ1n) is 10.0. The van der Waals surface area contributed by atoms with Crippen molar-refractivity contribution >= 4 is 33.3 Å². The van der Waals surface area contributed by atoms with Crippen LogP contribution in [0, 0.1) is 0 Å². The maximum absolute atomic E-state index is 10.3. The second-order valence-corrected chi connectivity index (χ2v) is 12.1. The van der Waals surface area contributed by atoms with Gasteiger partial charge in [0.25, 0.3) is 0 Å². The van der Waals surface area contributed by atoms with Gasteiger partial charge in [-0.1, -0.05) is 72.8 Å². The molecule has 0 saturated heterocycles. The van der Waals surface area contributed by atoms with Crippen LogP contribution in [0.15, 0.2) is 126 Å². The van der Waals surface area contributed by atoms with E-state index in [0.29, 0.717) is 0 Å². The molecule has 3 nitrogen and oxygen atoms in total. The Bertz CT molecular complexity index is 1070. The van der Waals surface area contributed by atoms with E-state index in [1.54, 1.807) is 6.07 Å². The second kappa shape index (κ2) is 10.5. The van der Waals surface area contributed by atoms with Gasteiger partial charge in [0.1, 0.15) is 33.3 Å². The Balaban J connectivity index is 0.000000229. The second-order valence-electron chi connectivity index (χ2n) is 6.90. The monoisotopic (exact) mass is 448 g/mol. The summed E-state index contributed by atoms with van der Waals surface area (Å²) in [6.07, 6.45) is 1.14. The van der Waals surface area contributed by atoms with Crippen LogP contribution < -0.4 is 15.9 Å². The highest BCUT2D eigenvalue weighted by atomic mass is 32.2. The van der Waals surface area contributed by atoms with Crippen LogP contribution >= 0.6 is 7.26 Å². The van der Waals surface area contributed by atoms with Gasteiger partial charge in [-0.15, -0.1) is 0 Å². The topological polar surface area (TPSA) is 57.2 Å². The van der Waals surface area contributed by atoms with Crippen molar-refractivity contribution in [2.45, 2.75) is 11.8 Å². The third-order valence-corrected chi connectivity index (χ3v) is 10.4. The molecular weight excluding hydrogens is 423 g/mol. The molecule has 31 heavy (non-hydrogen) atoms. The Morgan fingerprint density at radius 3 is 1.10 bits per heavy atom. The van der Waals surface area contributed by atoms with Crippen molar-refractivity contribution in [2.24, 2.45) is 0 Å². The number of benzene rings is 4. The van der Waals surface area contributed by atoms with Crippen molar-refractivity contribution in [3.8, 4) is 0 Å². The molecule has 0 aliphatic carbocycles. The van der Waals surface area contributed by atoms with E-state index in [-0.39, 0.29) is 4.90 Å². The first-order valence-corrected chi connectivity index (χ1v) is 13.4. The molecule has 0 saturated carbocycles. The zero-order valence-corrected chi connectivity index (χ0v) is 19.0. The standard InChI is InChI=1S/C20H20P.C6H6O3S/c1-2-21(18-12-6-3-7-13-18,19-14-8-4-9-15-19)20-16-10-5-11-17-20;7-10(8,9)6-4-2-1-3-5-6/h3-17H,2H2,1H3;1-5H,(H,7,8,9)/q+1;/p-1. The van der Waals surface area contributed by atoms with Gasteiger partial charge in [-0.2, -0.15) is 0 Å². The van der Waals surface area contributed by atoms with Gasteiger partial charge in [0.2, 0.25) is 0 Å². The zero-order valence-electron chi connectivity index (χ0n) is 17.3. The van der Waals surface area contributed by atoms with E-state index < -0.39 is 17.4 Å². The van der Waals surface area contributed by atoms with Crippen LogP contribution in [0.4, 0.5) is 0 Å². The largest absolute Gasteiger partial charge is 0.744 e. The lowest BCUT2D eigenvalue weighted by atomic mass is 10.4. The smallest absolute Gasteiger partial charge is 0.124 e. The Morgan fingerprint density at radius 1 is 0.581 bits per heavy atom. The van der Waals surface area contributed by atoms with Gasteiger partial charge in [0.15, 0.2) is 0 Å². The van der Waals surface area contributed by atoms with Gasteiger partial charge in [-0.3, -0.25) is 0 Å². The van der Waals surface area contributed by atoms with Crippen LogP contribution in [0.3, 0.4) is 0 Å². The first kappa shape index (κ1) is 22.9. The minimum absolute atomic E-state index is 0.185. The average molecular weight is 449 g/mol. The number of hydrogen-bond donors (Lipinski definition) is 0. The number of hydrogen-bond acceptors (Lipinski definition) is 3. The fourth-order valence-electron chi connectivity index (χ4n) is 3.63. The molecule has 0 amide bonds. The molecule has 0 fully saturated rings. The van der Waals surface area contributed by atoms with Crippen LogP contribution in [-0.2, 0) is 10.1 Å². The van der Waals surface area contributed by atoms with Crippen molar-refractivity contribution in [2.75, 3.05) is 6.16 Å². The molecule has 0 N–H and O–H groups in total. The van der Waals surface area contributed by atoms with Crippen LogP contribution in [0.5, 0.6) is 0 Å². The molecule has 4 aromatic carbocycles. The number of rotatable bonds is 5. The Morgan fingerprint density at radius 2 is 0.871 bits per heavy atom. The SMILES string of the molecule is CC[P+](c1ccccc1)(c1ccccc1)c1ccccc1.O=S(=O)([O-])c1ccccc1. The summed E-state index contributed by atoms with van der Waals surface area (Å²) >= 11 is 0. The van der Waals surface area contributed by atoms with E-state index in [1.807, 2.05) is 0 Å². The minimum Gasteiger partial charge on any atom is -0.744 e. The lowest BCUT2D eigenvalue weighted by Crippen LogP contribution is -2.32. The molecule has 0 bridgehead atoms. The van der Waals surface area contributed by atoms with Crippen molar-refractivity contribution in [3.63, 3.8) is 0 Å². The molecule has 0 atom stereocenters. The fraction of sp³-hybridized carbons (Fsp3) is 0.0769. The minimum atomic E-state index is -4.25. The highest BCUT2D eigenvalue weighted by molar-refractivity contribution is 7.95. The quantitative estimate of drug-likeness (QED) is 0.331.